The van der Waals surface area contributed by atoms with E-state index in [1.165, 1.54) is 6.39 Å². The molecule has 76 valence electrons. The number of fused-ring (bicyclic) bond motifs is 1. The lowest BCUT2D eigenvalue weighted by atomic mass is 9.85. The number of oxazole rings is 1. The van der Waals surface area contributed by atoms with Crippen molar-refractivity contribution < 1.29 is 9.52 Å². The standard InChI is InChI=1S/C11H10N2O2/c1-11(2,5-12)7-3-4-8-10(9(7)14)15-6-13-8/h3-4,6,14H,1-2H3. The van der Waals surface area contributed by atoms with Crippen LogP contribution in [0.3, 0.4) is 0 Å². The van der Waals surface area contributed by atoms with Gasteiger partial charge in [0.25, 0.3) is 0 Å². The van der Waals surface area contributed by atoms with Crippen LogP contribution in [0, 0.1) is 11.3 Å². The largest absolute Gasteiger partial charge is 0.504 e. The average molecular weight is 202 g/mol. The van der Waals surface area contributed by atoms with E-state index in [2.05, 4.69) is 11.1 Å². The number of nitriles is 1. The number of nitrogens with zero attached hydrogens (tertiary/aromatic N) is 2. The molecule has 0 aliphatic carbocycles. The van der Waals surface area contributed by atoms with Crippen molar-refractivity contribution in [1.82, 2.24) is 4.98 Å². The Bertz CT molecular complexity index is 549. The van der Waals surface area contributed by atoms with Crippen LogP contribution in [-0.2, 0) is 5.41 Å². The summed E-state index contributed by atoms with van der Waals surface area (Å²) in [6.07, 6.45) is 1.27. The lowest BCUT2D eigenvalue weighted by Gasteiger charge is -2.16. The van der Waals surface area contributed by atoms with Gasteiger partial charge >= 0.3 is 0 Å². The van der Waals surface area contributed by atoms with E-state index in [4.69, 9.17) is 9.68 Å². The molecule has 0 unspecified atom stereocenters. The first-order valence-electron chi connectivity index (χ1n) is 4.53. The van der Waals surface area contributed by atoms with Crippen molar-refractivity contribution in [2.75, 3.05) is 0 Å². The molecular weight excluding hydrogens is 192 g/mol. The van der Waals surface area contributed by atoms with E-state index >= 15 is 0 Å². The lowest BCUT2D eigenvalue weighted by molar-refractivity contribution is 0.448. The van der Waals surface area contributed by atoms with Crippen molar-refractivity contribution in [3.8, 4) is 11.8 Å². The van der Waals surface area contributed by atoms with E-state index in [0.29, 0.717) is 16.7 Å². The minimum atomic E-state index is -0.745. The summed E-state index contributed by atoms with van der Waals surface area (Å²) < 4.78 is 5.06. The highest BCUT2D eigenvalue weighted by Crippen LogP contribution is 2.35. The van der Waals surface area contributed by atoms with Crippen LogP contribution in [0.25, 0.3) is 11.1 Å². The van der Waals surface area contributed by atoms with Gasteiger partial charge in [-0.05, 0) is 19.9 Å². The third-order valence-corrected chi connectivity index (χ3v) is 2.43. The molecule has 4 heteroatoms. The zero-order chi connectivity index (χ0) is 11.1. The van der Waals surface area contributed by atoms with E-state index in [0.717, 1.165) is 0 Å². The maximum atomic E-state index is 9.92. The summed E-state index contributed by atoms with van der Waals surface area (Å²) in [6, 6.07) is 5.56. The van der Waals surface area contributed by atoms with Gasteiger partial charge in [0.2, 0.25) is 0 Å². The first-order chi connectivity index (χ1) is 7.06. The Balaban J connectivity index is 2.74. The van der Waals surface area contributed by atoms with Crippen molar-refractivity contribution in [3.63, 3.8) is 0 Å². The molecule has 0 bridgehead atoms. The second-order valence-electron chi connectivity index (χ2n) is 3.90. The zero-order valence-electron chi connectivity index (χ0n) is 8.48. The first-order valence-corrected chi connectivity index (χ1v) is 4.53. The zero-order valence-corrected chi connectivity index (χ0v) is 8.48. The van der Waals surface area contributed by atoms with Crippen LogP contribution in [0.2, 0.25) is 0 Å². The number of benzene rings is 1. The number of aromatic hydroxyl groups is 1. The van der Waals surface area contributed by atoms with Crippen molar-refractivity contribution >= 4 is 11.1 Å². The molecule has 0 radical (unpaired) electrons. The predicted molar refractivity (Wildman–Crippen MR) is 54.3 cm³/mol. The fourth-order valence-corrected chi connectivity index (χ4v) is 1.48. The number of hydrogen-bond donors (Lipinski definition) is 1. The lowest BCUT2D eigenvalue weighted by Crippen LogP contribution is -2.13. The number of rotatable bonds is 1. The summed E-state index contributed by atoms with van der Waals surface area (Å²) >= 11 is 0. The smallest absolute Gasteiger partial charge is 0.196 e. The molecular formula is C11H10N2O2. The molecule has 1 aromatic carbocycles. The van der Waals surface area contributed by atoms with E-state index in [1.54, 1.807) is 26.0 Å². The van der Waals surface area contributed by atoms with Crippen molar-refractivity contribution in [2.24, 2.45) is 0 Å². The molecule has 0 aliphatic heterocycles. The van der Waals surface area contributed by atoms with Gasteiger partial charge in [-0.3, -0.25) is 0 Å². The molecule has 0 atom stereocenters. The summed E-state index contributed by atoms with van der Waals surface area (Å²) in [6.45, 7) is 3.48. The normalized spacial score (nSPS) is 11.5. The van der Waals surface area contributed by atoms with Gasteiger partial charge < -0.3 is 9.52 Å². The maximum Gasteiger partial charge on any atom is 0.196 e. The fourth-order valence-electron chi connectivity index (χ4n) is 1.48. The van der Waals surface area contributed by atoms with E-state index < -0.39 is 5.41 Å². The minimum absolute atomic E-state index is 0.00319. The molecule has 0 aliphatic rings. The molecule has 2 aromatic rings. The second-order valence-corrected chi connectivity index (χ2v) is 3.90. The Morgan fingerprint density at radius 1 is 1.47 bits per heavy atom. The van der Waals surface area contributed by atoms with Crippen LogP contribution in [-0.4, -0.2) is 10.1 Å². The Hall–Kier alpha value is -2.02. The van der Waals surface area contributed by atoms with E-state index in [9.17, 15) is 5.11 Å². The van der Waals surface area contributed by atoms with Crippen LogP contribution in [0.1, 0.15) is 19.4 Å². The second kappa shape index (κ2) is 2.99. The summed E-state index contributed by atoms with van der Waals surface area (Å²) in [7, 11) is 0. The molecule has 15 heavy (non-hydrogen) atoms. The van der Waals surface area contributed by atoms with Gasteiger partial charge in [-0.25, -0.2) is 4.98 Å². The average Bonchev–Trinajstić information content (AvgIpc) is 2.66. The van der Waals surface area contributed by atoms with Gasteiger partial charge in [0.1, 0.15) is 5.52 Å². The van der Waals surface area contributed by atoms with Gasteiger partial charge in [-0.2, -0.15) is 5.26 Å². The van der Waals surface area contributed by atoms with Crippen LogP contribution >= 0.6 is 0 Å². The molecule has 1 N–H and O–H groups in total. The molecule has 0 saturated heterocycles. The highest BCUT2D eigenvalue weighted by atomic mass is 16.4. The highest BCUT2D eigenvalue weighted by Gasteiger charge is 2.25. The Kier molecular flexibility index (Phi) is 1.90. The van der Waals surface area contributed by atoms with Crippen molar-refractivity contribution in [2.45, 2.75) is 19.3 Å². The Morgan fingerprint density at radius 3 is 2.87 bits per heavy atom. The number of hydrogen-bond acceptors (Lipinski definition) is 4. The summed E-state index contributed by atoms with van der Waals surface area (Å²) in [5, 5.41) is 18.9. The molecule has 2 rings (SSSR count). The van der Waals surface area contributed by atoms with Crippen molar-refractivity contribution in [1.29, 1.82) is 5.26 Å². The van der Waals surface area contributed by atoms with E-state index in [-0.39, 0.29) is 5.75 Å². The molecule has 0 fully saturated rings. The molecule has 4 nitrogen and oxygen atoms in total. The third kappa shape index (κ3) is 1.33. The van der Waals surface area contributed by atoms with Crippen LogP contribution < -0.4 is 0 Å². The van der Waals surface area contributed by atoms with Gasteiger partial charge in [0, 0.05) is 5.56 Å². The number of phenolic OH excluding ortho intramolecular Hbond substituents is 1. The molecule has 0 saturated carbocycles. The van der Waals surface area contributed by atoms with Gasteiger partial charge in [0.15, 0.2) is 17.7 Å². The predicted octanol–water partition coefficient (Wildman–Crippen LogP) is 2.33. The Labute approximate surface area is 86.8 Å². The van der Waals surface area contributed by atoms with Gasteiger partial charge in [-0.1, -0.05) is 6.07 Å². The van der Waals surface area contributed by atoms with Crippen molar-refractivity contribution in [3.05, 3.63) is 24.1 Å². The molecule has 1 aromatic heterocycles. The number of phenols is 1. The summed E-state index contributed by atoms with van der Waals surface area (Å²) in [5.41, 5.74) is 0.723. The fraction of sp³-hybridized carbons (Fsp3) is 0.273. The van der Waals surface area contributed by atoms with Gasteiger partial charge in [-0.15, -0.1) is 0 Å². The van der Waals surface area contributed by atoms with Gasteiger partial charge in [0.05, 0.1) is 11.5 Å². The third-order valence-electron chi connectivity index (χ3n) is 2.43. The maximum absolute atomic E-state index is 9.92. The Morgan fingerprint density at radius 2 is 2.20 bits per heavy atom. The quantitative estimate of drug-likeness (QED) is 0.770. The summed E-state index contributed by atoms with van der Waals surface area (Å²) in [4.78, 5) is 3.92. The van der Waals surface area contributed by atoms with Crippen LogP contribution in [0.15, 0.2) is 22.9 Å². The first kappa shape index (κ1) is 9.53. The monoisotopic (exact) mass is 202 g/mol. The topological polar surface area (TPSA) is 70.0 Å². The molecule has 0 spiro atoms. The minimum Gasteiger partial charge on any atom is -0.504 e. The SMILES string of the molecule is CC(C)(C#N)c1ccc2ncoc2c1O. The highest BCUT2D eigenvalue weighted by molar-refractivity contribution is 5.81. The van der Waals surface area contributed by atoms with E-state index in [1.807, 2.05) is 0 Å². The molecule has 0 amide bonds. The molecule has 1 heterocycles. The summed E-state index contributed by atoms with van der Waals surface area (Å²) in [5.74, 6) is -0.00319. The van der Waals surface area contributed by atoms with Crippen LogP contribution in [0.4, 0.5) is 0 Å². The number of aromatic nitrogens is 1. The van der Waals surface area contributed by atoms with Crippen LogP contribution in [0.5, 0.6) is 5.75 Å².